The maximum absolute atomic E-state index is 5.36. The molecule has 0 heterocycles. The number of hydrogen-bond acceptors (Lipinski definition) is 2. The zero-order valence-corrected chi connectivity index (χ0v) is 6.96. The second-order valence-corrected chi connectivity index (χ2v) is 2.45. The van der Waals surface area contributed by atoms with E-state index in [4.69, 9.17) is 5.73 Å². The van der Waals surface area contributed by atoms with Crippen molar-refractivity contribution in [3.05, 3.63) is 11.8 Å². The summed E-state index contributed by atoms with van der Waals surface area (Å²) in [5, 5.41) is 0. The van der Waals surface area contributed by atoms with Gasteiger partial charge >= 0.3 is 0 Å². The van der Waals surface area contributed by atoms with Gasteiger partial charge in [-0.15, -0.1) is 0 Å². The average molecular weight is 140 g/mol. The Morgan fingerprint density at radius 2 is 2.20 bits per heavy atom. The van der Waals surface area contributed by atoms with Gasteiger partial charge in [0.05, 0.1) is 0 Å². The van der Waals surface area contributed by atoms with Crippen molar-refractivity contribution >= 4 is 6.21 Å². The van der Waals surface area contributed by atoms with E-state index < -0.39 is 0 Å². The lowest BCUT2D eigenvalue weighted by Crippen LogP contribution is -1.99. The van der Waals surface area contributed by atoms with Crippen LogP contribution in [0, 0.1) is 5.92 Å². The minimum atomic E-state index is 0.472. The first-order chi connectivity index (χ1) is 4.72. The summed E-state index contributed by atoms with van der Waals surface area (Å²) in [6, 6.07) is 0. The Morgan fingerprint density at radius 3 is 2.50 bits per heavy atom. The zero-order chi connectivity index (χ0) is 7.98. The van der Waals surface area contributed by atoms with Crippen LogP contribution in [0.4, 0.5) is 0 Å². The van der Waals surface area contributed by atoms with Crippen LogP contribution in [0.3, 0.4) is 0 Å². The Bertz CT molecular complexity index is 134. The summed E-state index contributed by atoms with van der Waals surface area (Å²) in [5.74, 6) is 0.472. The van der Waals surface area contributed by atoms with Gasteiger partial charge in [0, 0.05) is 12.8 Å². The van der Waals surface area contributed by atoms with Crippen LogP contribution in [0.15, 0.2) is 16.8 Å². The molecular formula is C8H16N2. The van der Waals surface area contributed by atoms with Crippen LogP contribution >= 0.6 is 0 Å². The fourth-order valence-corrected chi connectivity index (χ4v) is 0.581. The topological polar surface area (TPSA) is 38.4 Å². The number of allylic oxidation sites excluding steroid dienone is 1. The fraction of sp³-hybridized carbons (Fsp3) is 0.625. The highest BCUT2D eigenvalue weighted by molar-refractivity contribution is 5.78. The molecule has 0 aliphatic heterocycles. The number of rotatable bonds is 3. The van der Waals surface area contributed by atoms with E-state index in [1.54, 1.807) is 6.20 Å². The molecular weight excluding hydrogens is 124 g/mol. The quantitative estimate of drug-likeness (QED) is 0.594. The molecule has 0 bridgehead atoms. The Balaban J connectivity index is 3.98. The second kappa shape index (κ2) is 5.03. The Kier molecular flexibility index (Phi) is 4.63. The van der Waals surface area contributed by atoms with Gasteiger partial charge in [0.25, 0.3) is 0 Å². The summed E-state index contributed by atoms with van der Waals surface area (Å²) in [4.78, 5) is 4.09. The molecule has 2 N–H and O–H groups in total. The minimum absolute atomic E-state index is 0.472. The molecule has 0 aliphatic carbocycles. The summed E-state index contributed by atoms with van der Waals surface area (Å²) in [6.45, 7) is 7.02. The van der Waals surface area contributed by atoms with Crippen molar-refractivity contribution in [2.24, 2.45) is 16.6 Å². The fourth-order valence-electron chi connectivity index (χ4n) is 0.581. The molecule has 10 heavy (non-hydrogen) atoms. The van der Waals surface area contributed by atoms with E-state index in [2.05, 4.69) is 18.8 Å². The van der Waals surface area contributed by atoms with Crippen molar-refractivity contribution in [2.45, 2.75) is 20.8 Å². The molecule has 0 amide bonds. The number of nitrogens with two attached hydrogens (primary N) is 1. The Morgan fingerprint density at radius 1 is 1.60 bits per heavy atom. The van der Waals surface area contributed by atoms with Crippen LogP contribution in [-0.2, 0) is 0 Å². The van der Waals surface area contributed by atoms with E-state index in [1.807, 2.05) is 13.1 Å². The van der Waals surface area contributed by atoms with Gasteiger partial charge in [0.15, 0.2) is 0 Å². The van der Waals surface area contributed by atoms with Gasteiger partial charge in [-0.2, -0.15) is 0 Å². The maximum Gasteiger partial charge on any atom is 0.0361 e. The molecule has 0 atom stereocenters. The second-order valence-electron chi connectivity index (χ2n) is 2.45. The highest BCUT2D eigenvalue weighted by Gasteiger charge is 1.96. The minimum Gasteiger partial charge on any atom is -0.404 e. The molecule has 0 aromatic heterocycles. The number of nitrogens with zero attached hydrogens (tertiary/aromatic N) is 1. The van der Waals surface area contributed by atoms with Crippen molar-refractivity contribution in [1.29, 1.82) is 0 Å². The predicted molar refractivity (Wildman–Crippen MR) is 46.1 cm³/mol. The largest absolute Gasteiger partial charge is 0.404 e. The number of aliphatic imine (C=N–C) groups is 1. The van der Waals surface area contributed by atoms with Crippen molar-refractivity contribution in [2.75, 3.05) is 6.54 Å². The first-order valence-electron chi connectivity index (χ1n) is 3.64. The lowest BCUT2D eigenvalue weighted by atomic mass is 10.1. The first-order valence-corrected chi connectivity index (χ1v) is 3.64. The molecule has 0 spiro atoms. The molecule has 0 rings (SSSR count). The predicted octanol–water partition coefficient (Wildman–Crippen LogP) is 1.58. The first kappa shape index (κ1) is 9.21. The highest BCUT2D eigenvalue weighted by atomic mass is 14.7. The Labute approximate surface area is 62.8 Å². The molecule has 0 fully saturated rings. The molecule has 0 unspecified atom stereocenters. The van der Waals surface area contributed by atoms with Gasteiger partial charge in [-0.05, 0) is 24.6 Å². The van der Waals surface area contributed by atoms with Crippen molar-refractivity contribution in [3.8, 4) is 0 Å². The summed E-state index contributed by atoms with van der Waals surface area (Å²) in [6.07, 6.45) is 3.45. The molecule has 0 aromatic rings. The molecule has 0 radical (unpaired) electrons. The lowest BCUT2D eigenvalue weighted by molar-refractivity contribution is 0.802. The average Bonchev–Trinajstić information content (AvgIpc) is 1.89. The summed E-state index contributed by atoms with van der Waals surface area (Å²) in [7, 11) is 0. The third-order valence-electron chi connectivity index (χ3n) is 1.28. The third-order valence-corrected chi connectivity index (χ3v) is 1.28. The zero-order valence-electron chi connectivity index (χ0n) is 6.96. The molecule has 0 saturated carbocycles. The van der Waals surface area contributed by atoms with Crippen molar-refractivity contribution in [3.63, 3.8) is 0 Å². The van der Waals surface area contributed by atoms with E-state index in [-0.39, 0.29) is 0 Å². The van der Waals surface area contributed by atoms with E-state index >= 15 is 0 Å². The van der Waals surface area contributed by atoms with Crippen LogP contribution in [0.5, 0.6) is 0 Å². The normalized spacial score (nSPS) is 13.4. The molecule has 2 nitrogen and oxygen atoms in total. The highest BCUT2D eigenvalue weighted by Crippen LogP contribution is 2.03. The van der Waals surface area contributed by atoms with Crippen molar-refractivity contribution in [1.82, 2.24) is 0 Å². The molecule has 0 saturated heterocycles. The smallest absolute Gasteiger partial charge is 0.0361 e. The van der Waals surface area contributed by atoms with Gasteiger partial charge in [-0.25, -0.2) is 0 Å². The summed E-state index contributed by atoms with van der Waals surface area (Å²) >= 11 is 0. The monoisotopic (exact) mass is 140 g/mol. The third kappa shape index (κ3) is 3.28. The van der Waals surface area contributed by atoms with Crippen LogP contribution in [0.1, 0.15) is 20.8 Å². The van der Waals surface area contributed by atoms with Gasteiger partial charge in [-0.1, -0.05) is 13.8 Å². The molecule has 0 aliphatic rings. The Hall–Kier alpha value is -0.790. The summed E-state index contributed by atoms with van der Waals surface area (Å²) in [5.41, 5.74) is 6.46. The molecule has 0 aromatic carbocycles. The van der Waals surface area contributed by atoms with Crippen LogP contribution in [0.25, 0.3) is 0 Å². The van der Waals surface area contributed by atoms with Gasteiger partial charge < -0.3 is 5.73 Å². The van der Waals surface area contributed by atoms with E-state index in [1.165, 1.54) is 0 Å². The maximum atomic E-state index is 5.36. The SMILES string of the molecule is CCN=CC(=CN)C(C)C. The van der Waals surface area contributed by atoms with Crippen LogP contribution in [0.2, 0.25) is 0 Å². The van der Waals surface area contributed by atoms with Crippen molar-refractivity contribution < 1.29 is 0 Å². The van der Waals surface area contributed by atoms with E-state index in [9.17, 15) is 0 Å². The van der Waals surface area contributed by atoms with E-state index in [0.29, 0.717) is 5.92 Å². The lowest BCUT2D eigenvalue weighted by Gasteiger charge is -2.02. The molecule has 58 valence electrons. The summed E-state index contributed by atoms with van der Waals surface area (Å²) < 4.78 is 0. The number of hydrogen-bond donors (Lipinski definition) is 1. The standard InChI is InChI=1S/C8H16N2/c1-4-10-6-8(5-9)7(2)3/h5-7H,4,9H2,1-3H3. The van der Waals surface area contributed by atoms with Crippen LogP contribution < -0.4 is 5.73 Å². The molecule has 2 heteroatoms. The van der Waals surface area contributed by atoms with E-state index in [0.717, 1.165) is 12.1 Å². The van der Waals surface area contributed by atoms with Gasteiger partial charge in [0.2, 0.25) is 0 Å². The van der Waals surface area contributed by atoms with Gasteiger partial charge in [0.1, 0.15) is 0 Å². The van der Waals surface area contributed by atoms with Gasteiger partial charge in [-0.3, -0.25) is 4.99 Å². The van der Waals surface area contributed by atoms with Crippen LogP contribution in [-0.4, -0.2) is 12.8 Å².